The molecule has 0 radical (unpaired) electrons. The number of carboxylic acid groups (broad SMARTS) is 1. The third kappa shape index (κ3) is 4.16. The second kappa shape index (κ2) is 8.16. The molecule has 3 aromatic rings. The van der Waals surface area contributed by atoms with Gasteiger partial charge in [-0.05, 0) is 58.6 Å². The number of aliphatic carboxylic acids is 1. The normalized spacial score (nSPS) is 14.7. The van der Waals surface area contributed by atoms with E-state index in [9.17, 15) is 9.59 Å². The largest absolute Gasteiger partial charge is 0.480 e. The number of carbonyl (C=O) groups excluding carboxylic acids is 1. The Kier molecular flexibility index (Phi) is 5.60. The van der Waals surface area contributed by atoms with Crippen LogP contribution >= 0.6 is 27.7 Å². The Balaban J connectivity index is 1.64. The van der Waals surface area contributed by atoms with E-state index in [1.807, 2.05) is 16.7 Å². The number of hydrogen-bond acceptors (Lipinski definition) is 5. The molecule has 2 aromatic carbocycles. The van der Waals surface area contributed by atoms with E-state index in [1.165, 1.54) is 42.5 Å². The molecule has 1 aliphatic rings. The summed E-state index contributed by atoms with van der Waals surface area (Å²) in [4.78, 5) is 23.0. The molecule has 1 atom stereocenters. The van der Waals surface area contributed by atoms with Gasteiger partial charge in [-0.2, -0.15) is 0 Å². The number of hydrogen-bond donors (Lipinski definition) is 2. The molecule has 0 aliphatic heterocycles. The van der Waals surface area contributed by atoms with Crippen LogP contribution in [0.25, 0.3) is 16.5 Å². The Bertz CT molecular complexity index is 1100. The number of nitrogens with one attached hydrogen (secondary N) is 1. The first kappa shape index (κ1) is 19.9. The molecule has 1 aliphatic carbocycles. The maximum Gasteiger partial charge on any atom is 0.325 e. The van der Waals surface area contributed by atoms with E-state index >= 15 is 0 Å². The van der Waals surface area contributed by atoms with Crippen LogP contribution in [0.15, 0.2) is 46.3 Å². The molecule has 1 heterocycles. The summed E-state index contributed by atoms with van der Waals surface area (Å²) in [6.07, 6.45) is 2.45. The molecule has 1 amide bonds. The van der Waals surface area contributed by atoms with E-state index in [2.05, 4.69) is 55.7 Å². The van der Waals surface area contributed by atoms with Crippen molar-refractivity contribution in [3.05, 3.63) is 46.7 Å². The number of thioether (sulfide) groups is 1. The number of aromatic nitrogens is 3. The van der Waals surface area contributed by atoms with Crippen molar-refractivity contribution in [2.75, 3.05) is 5.75 Å². The molecule has 1 fully saturated rings. The van der Waals surface area contributed by atoms with Gasteiger partial charge in [-0.3, -0.25) is 14.2 Å². The van der Waals surface area contributed by atoms with Crippen molar-refractivity contribution in [3.8, 4) is 5.69 Å². The monoisotopic (exact) mass is 474 g/mol. The first-order valence-electron chi connectivity index (χ1n) is 9.23. The van der Waals surface area contributed by atoms with Crippen molar-refractivity contribution in [1.29, 1.82) is 0 Å². The first-order chi connectivity index (χ1) is 14.0. The van der Waals surface area contributed by atoms with Crippen LogP contribution < -0.4 is 5.32 Å². The highest BCUT2D eigenvalue weighted by Crippen LogP contribution is 2.44. The van der Waals surface area contributed by atoms with Crippen molar-refractivity contribution >= 4 is 50.3 Å². The van der Waals surface area contributed by atoms with Crippen molar-refractivity contribution in [2.45, 2.75) is 36.9 Å². The van der Waals surface area contributed by atoms with Gasteiger partial charge in [0, 0.05) is 5.39 Å². The van der Waals surface area contributed by atoms with Gasteiger partial charge in [-0.15, -0.1) is 10.2 Å². The summed E-state index contributed by atoms with van der Waals surface area (Å²) in [5, 5.41) is 22.6. The SMILES string of the molecule is CC(NC(=O)CSc1nnc(Br)n1-c1ccc(C2CC2)c2ccccc12)C(=O)O. The van der Waals surface area contributed by atoms with Gasteiger partial charge in [-0.25, -0.2) is 0 Å². The number of carboxylic acids is 1. The van der Waals surface area contributed by atoms with Crippen molar-refractivity contribution in [2.24, 2.45) is 0 Å². The van der Waals surface area contributed by atoms with E-state index in [4.69, 9.17) is 5.11 Å². The molecule has 1 unspecified atom stereocenters. The second-order valence-corrected chi connectivity index (χ2v) is 8.65. The van der Waals surface area contributed by atoms with Gasteiger partial charge in [0.2, 0.25) is 10.6 Å². The van der Waals surface area contributed by atoms with E-state index in [-0.39, 0.29) is 11.7 Å². The molecular weight excluding hydrogens is 456 g/mol. The van der Waals surface area contributed by atoms with Crippen LogP contribution in [0.4, 0.5) is 0 Å². The fourth-order valence-corrected chi connectivity index (χ4v) is 4.59. The van der Waals surface area contributed by atoms with Crippen LogP contribution in [0, 0.1) is 0 Å². The first-order valence-corrected chi connectivity index (χ1v) is 11.0. The van der Waals surface area contributed by atoms with Gasteiger partial charge in [0.25, 0.3) is 0 Å². The van der Waals surface area contributed by atoms with Gasteiger partial charge in [0.15, 0.2) is 5.16 Å². The lowest BCUT2D eigenvalue weighted by molar-refractivity contribution is -0.140. The molecule has 1 aromatic heterocycles. The fraction of sp³-hybridized carbons (Fsp3) is 0.300. The van der Waals surface area contributed by atoms with E-state index in [0.29, 0.717) is 15.8 Å². The Hall–Kier alpha value is -2.39. The lowest BCUT2D eigenvalue weighted by Crippen LogP contribution is -2.39. The number of amides is 1. The van der Waals surface area contributed by atoms with E-state index in [0.717, 1.165) is 11.1 Å². The van der Waals surface area contributed by atoms with Crippen LogP contribution in [0.1, 0.15) is 31.2 Å². The molecule has 0 bridgehead atoms. The van der Waals surface area contributed by atoms with Gasteiger partial charge in [0.1, 0.15) is 6.04 Å². The van der Waals surface area contributed by atoms with Crippen molar-refractivity contribution in [3.63, 3.8) is 0 Å². The summed E-state index contributed by atoms with van der Waals surface area (Å²) < 4.78 is 2.42. The topological polar surface area (TPSA) is 97.1 Å². The van der Waals surface area contributed by atoms with Crippen molar-refractivity contribution < 1.29 is 14.7 Å². The molecule has 29 heavy (non-hydrogen) atoms. The number of benzene rings is 2. The highest BCUT2D eigenvalue weighted by molar-refractivity contribution is 9.10. The van der Waals surface area contributed by atoms with Crippen molar-refractivity contribution in [1.82, 2.24) is 20.1 Å². The lowest BCUT2D eigenvalue weighted by Gasteiger charge is -2.14. The van der Waals surface area contributed by atoms with E-state index < -0.39 is 12.0 Å². The zero-order valence-electron chi connectivity index (χ0n) is 15.6. The molecule has 7 nitrogen and oxygen atoms in total. The summed E-state index contributed by atoms with van der Waals surface area (Å²) in [6.45, 7) is 1.43. The summed E-state index contributed by atoms with van der Waals surface area (Å²) in [7, 11) is 0. The Morgan fingerprint density at radius 2 is 1.97 bits per heavy atom. The minimum Gasteiger partial charge on any atom is -0.480 e. The number of nitrogens with zero attached hydrogens (tertiary/aromatic N) is 3. The fourth-order valence-electron chi connectivity index (χ4n) is 3.28. The predicted octanol–water partition coefficient (Wildman–Crippen LogP) is 3.74. The number of rotatable bonds is 7. The highest BCUT2D eigenvalue weighted by Gasteiger charge is 2.26. The molecule has 9 heteroatoms. The Morgan fingerprint density at radius 3 is 2.66 bits per heavy atom. The van der Waals surface area contributed by atoms with Crippen LogP contribution in [0.3, 0.4) is 0 Å². The van der Waals surface area contributed by atoms with Gasteiger partial charge in [-0.1, -0.05) is 42.1 Å². The summed E-state index contributed by atoms with van der Waals surface area (Å²) in [5.74, 6) is -0.769. The van der Waals surface area contributed by atoms with Crippen LogP contribution in [-0.2, 0) is 9.59 Å². The summed E-state index contributed by atoms with van der Waals surface area (Å²) in [6, 6.07) is 11.6. The standard InChI is InChI=1S/C20H19BrN4O3S/c1-11(18(27)28)22-17(26)10-29-20-24-23-19(21)25(20)16-9-8-13(12-6-7-12)14-4-2-3-5-15(14)16/h2-5,8-9,11-12H,6-7,10H2,1H3,(H,22,26)(H,27,28). The zero-order valence-corrected chi connectivity index (χ0v) is 18.0. The Labute approximate surface area is 180 Å². The van der Waals surface area contributed by atoms with Crippen LogP contribution in [0.2, 0.25) is 0 Å². The third-order valence-electron chi connectivity index (χ3n) is 4.87. The average molecular weight is 475 g/mol. The van der Waals surface area contributed by atoms with Gasteiger partial charge in [0.05, 0.1) is 11.4 Å². The van der Waals surface area contributed by atoms with Gasteiger partial charge >= 0.3 is 5.97 Å². The third-order valence-corrected chi connectivity index (χ3v) is 6.31. The maximum absolute atomic E-state index is 12.1. The molecule has 0 spiro atoms. The molecule has 2 N–H and O–H groups in total. The number of fused-ring (bicyclic) bond motifs is 1. The van der Waals surface area contributed by atoms with Crippen LogP contribution in [0.5, 0.6) is 0 Å². The molecule has 1 saturated carbocycles. The minimum atomic E-state index is -1.07. The van der Waals surface area contributed by atoms with Gasteiger partial charge < -0.3 is 10.4 Å². The molecule has 4 rings (SSSR count). The average Bonchev–Trinajstić information content (AvgIpc) is 3.48. The van der Waals surface area contributed by atoms with E-state index in [1.54, 1.807) is 0 Å². The lowest BCUT2D eigenvalue weighted by atomic mass is 9.99. The smallest absolute Gasteiger partial charge is 0.325 e. The molecule has 150 valence electrons. The highest BCUT2D eigenvalue weighted by atomic mass is 79.9. The minimum absolute atomic E-state index is 0.0425. The number of halogens is 1. The van der Waals surface area contributed by atoms with Crippen LogP contribution in [-0.4, -0.2) is 43.5 Å². The summed E-state index contributed by atoms with van der Waals surface area (Å²) in [5.41, 5.74) is 2.30. The zero-order chi connectivity index (χ0) is 20.5. The maximum atomic E-state index is 12.1. The quantitative estimate of drug-likeness (QED) is 0.506. The summed E-state index contributed by atoms with van der Waals surface area (Å²) >= 11 is 4.67. The Morgan fingerprint density at radius 1 is 1.24 bits per heavy atom. The molecular formula is C20H19BrN4O3S. The number of carbonyl (C=O) groups is 2. The molecule has 0 saturated heterocycles. The second-order valence-electron chi connectivity index (χ2n) is 7.00. The predicted molar refractivity (Wildman–Crippen MR) is 115 cm³/mol.